The molecule has 0 saturated carbocycles. The number of ether oxygens (including phenoxy) is 1. The summed E-state index contributed by atoms with van der Waals surface area (Å²) in [5, 5.41) is 2.79. The molecule has 26 heavy (non-hydrogen) atoms. The van der Waals surface area contributed by atoms with E-state index < -0.39 is 11.8 Å². The Morgan fingerprint density at radius 2 is 1.65 bits per heavy atom. The molecule has 1 fully saturated rings. The van der Waals surface area contributed by atoms with Crippen LogP contribution in [0.3, 0.4) is 0 Å². The van der Waals surface area contributed by atoms with Crippen LogP contribution in [0.1, 0.15) is 40.0 Å². The van der Waals surface area contributed by atoms with E-state index >= 15 is 0 Å². The van der Waals surface area contributed by atoms with Gasteiger partial charge >= 0.3 is 5.97 Å². The van der Waals surface area contributed by atoms with Gasteiger partial charge in [-0.3, -0.25) is 4.79 Å². The molecule has 1 aliphatic rings. The van der Waals surface area contributed by atoms with Crippen LogP contribution in [0.4, 0.5) is 15.8 Å². The first-order valence-corrected chi connectivity index (χ1v) is 8.63. The number of piperidine rings is 1. The Morgan fingerprint density at radius 3 is 2.31 bits per heavy atom. The van der Waals surface area contributed by atoms with Gasteiger partial charge in [0.2, 0.25) is 0 Å². The number of carbonyl (C=O) groups excluding carboxylic acids is 2. The molecule has 1 amide bonds. The zero-order valence-corrected chi connectivity index (χ0v) is 14.6. The van der Waals surface area contributed by atoms with Gasteiger partial charge in [-0.15, -0.1) is 0 Å². The highest BCUT2D eigenvalue weighted by molar-refractivity contribution is 6.06. The van der Waals surface area contributed by atoms with Gasteiger partial charge in [-0.25, -0.2) is 9.18 Å². The predicted octanol–water partition coefficient (Wildman–Crippen LogP) is 3.85. The first-order valence-electron chi connectivity index (χ1n) is 8.63. The largest absolute Gasteiger partial charge is 0.465 e. The number of amides is 1. The highest BCUT2D eigenvalue weighted by atomic mass is 19.1. The van der Waals surface area contributed by atoms with E-state index in [0.717, 1.165) is 31.6 Å². The third-order valence-electron chi connectivity index (χ3n) is 4.47. The van der Waals surface area contributed by atoms with Crippen molar-refractivity contribution in [3.8, 4) is 0 Å². The van der Waals surface area contributed by atoms with E-state index in [0.29, 0.717) is 16.8 Å². The molecule has 1 heterocycles. The molecule has 0 radical (unpaired) electrons. The number of halogens is 1. The van der Waals surface area contributed by atoms with Gasteiger partial charge in [0, 0.05) is 18.7 Å². The third-order valence-corrected chi connectivity index (χ3v) is 4.47. The van der Waals surface area contributed by atoms with Crippen LogP contribution in [0.15, 0.2) is 42.5 Å². The maximum Gasteiger partial charge on any atom is 0.337 e. The summed E-state index contributed by atoms with van der Waals surface area (Å²) in [5.74, 6) is -1.22. The van der Waals surface area contributed by atoms with Crippen LogP contribution in [0.25, 0.3) is 0 Å². The minimum Gasteiger partial charge on any atom is -0.465 e. The van der Waals surface area contributed by atoms with Crippen LogP contribution in [-0.2, 0) is 4.74 Å². The molecular weight excluding hydrogens is 335 g/mol. The lowest BCUT2D eigenvalue weighted by molar-refractivity contribution is 0.0600. The summed E-state index contributed by atoms with van der Waals surface area (Å²) < 4.78 is 18.4. The number of hydrogen-bond acceptors (Lipinski definition) is 4. The Labute approximate surface area is 151 Å². The second kappa shape index (κ2) is 7.99. The Bertz CT molecular complexity index is 799. The first kappa shape index (κ1) is 17.9. The lowest BCUT2D eigenvalue weighted by atomic mass is 10.1. The number of carbonyl (C=O) groups is 2. The van der Waals surface area contributed by atoms with Crippen molar-refractivity contribution in [1.29, 1.82) is 0 Å². The molecule has 2 aromatic carbocycles. The lowest BCUT2D eigenvalue weighted by Crippen LogP contribution is -2.30. The zero-order valence-electron chi connectivity index (χ0n) is 14.6. The molecule has 3 rings (SSSR count). The van der Waals surface area contributed by atoms with Gasteiger partial charge in [-0.1, -0.05) is 0 Å². The molecule has 0 aliphatic carbocycles. The van der Waals surface area contributed by atoms with Gasteiger partial charge in [-0.05, 0) is 61.7 Å². The van der Waals surface area contributed by atoms with Crippen LogP contribution in [0.5, 0.6) is 0 Å². The maximum atomic E-state index is 13.7. The SMILES string of the molecule is COC(=O)c1ccc(C(=O)Nc2cc(F)ccc2N2CCCCC2)cc1. The minimum absolute atomic E-state index is 0.356. The Kier molecular flexibility index (Phi) is 5.51. The number of anilines is 2. The smallest absolute Gasteiger partial charge is 0.337 e. The summed E-state index contributed by atoms with van der Waals surface area (Å²) in [6, 6.07) is 10.6. The monoisotopic (exact) mass is 356 g/mol. The molecule has 1 saturated heterocycles. The van der Waals surface area contributed by atoms with E-state index in [2.05, 4.69) is 15.0 Å². The summed E-state index contributed by atoms with van der Waals surface area (Å²) in [6.07, 6.45) is 3.35. The van der Waals surface area contributed by atoms with E-state index in [1.54, 1.807) is 18.2 Å². The molecule has 1 N–H and O–H groups in total. The summed E-state index contributed by atoms with van der Waals surface area (Å²) >= 11 is 0. The quantitative estimate of drug-likeness (QED) is 0.846. The van der Waals surface area contributed by atoms with E-state index in [1.807, 2.05) is 0 Å². The molecule has 0 unspecified atom stereocenters. The van der Waals surface area contributed by atoms with Crippen molar-refractivity contribution in [2.45, 2.75) is 19.3 Å². The Balaban J connectivity index is 1.80. The van der Waals surface area contributed by atoms with Gasteiger partial charge in [-0.2, -0.15) is 0 Å². The zero-order chi connectivity index (χ0) is 18.5. The van der Waals surface area contributed by atoms with Crippen LogP contribution in [0, 0.1) is 5.82 Å². The molecule has 0 bridgehead atoms. The minimum atomic E-state index is -0.463. The standard InChI is InChI=1S/C20H21FN2O3/c1-26-20(25)15-7-5-14(6-8-15)19(24)22-17-13-16(21)9-10-18(17)23-11-3-2-4-12-23/h5-10,13H,2-4,11-12H2,1H3,(H,22,24). The van der Waals surface area contributed by atoms with Crippen LogP contribution >= 0.6 is 0 Å². The fourth-order valence-corrected chi connectivity index (χ4v) is 3.09. The Morgan fingerprint density at radius 1 is 1.00 bits per heavy atom. The average Bonchev–Trinajstić information content (AvgIpc) is 2.68. The molecule has 136 valence electrons. The molecule has 0 spiro atoms. The molecule has 0 atom stereocenters. The fraction of sp³-hybridized carbons (Fsp3) is 0.300. The average molecular weight is 356 g/mol. The topological polar surface area (TPSA) is 58.6 Å². The highest BCUT2D eigenvalue weighted by Crippen LogP contribution is 2.29. The predicted molar refractivity (Wildman–Crippen MR) is 98.2 cm³/mol. The summed E-state index contributed by atoms with van der Waals surface area (Å²) in [4.78, 5) is 26.2. The van der Waals surface area contributed by atoms with Gasteiger partial charge in [0.05, 0.1) is 24.0 Å². The molecule has 6 heteroatoms. The molecular formula is C20H21FN2O3. The second-order valence-electron chi connectivity index (χ2n) is 6.23. The van der Waals surface area contributed by atoms with Gasteiger partial charge in [0.25, 0.3) is 5.91 Å². The number of nitrogens with zero attached hydrogens (tertiary/aromatic N) is 1. The van der Waals surface area contributed by atoms with Crippen molar-refractivity contribution in [3.63, 3.8) is 0 Å². The van der Waals surface area contributed by atoms with Crippen LogP contribution < -0.4 is 10.2 Å². The number of methoxy groups -OCH3 is 1. The van der Waals surface area contributed by atoms with E-state index in [4.69, 9.17) is 0 Å². The number of hydrogen-bond donors (Lipinski definition) is 1. The summed E-state index contributed by atoms with van der Waals surface area (Å²) in [7, 11) is 1.30. The number of nitrogens with one attached hydrogen (secondary N) is 1. The molecule has 1 aliphatic heterocycles. The maximum absolute atomic E-state index is 13.7. The van der Waals surface area contributed by atoms with Crippen molar-refractivity contribution in [2.75, 3.05) is 30.4 Å². The van der Waals surface area contributed by atoms with E-state index in [-0.39, 0.29) is 5.91 Å². The lowest BCUT2D eigenvalue weighted by Gasteiger charge is -2.30. The van der Waals surface area contributed by atoms with Crippen molar-refractivity contribution in [1.82, 2.24) is 0 Å². The number of benzene rings is 2. The molecule has 2 aromatic rings. The van der Waals surface area contributed by atoms with Crippen molar-refractivity contribution in [3.05, 3.63) is 59.4 Å². The Hall–Kier alpha value is -2.89. The third kappa shape index (κ3) is 4.02. The van der Waals surface area contributed by atoms with E-state index in [9.17, 15) is 14.0 Å². The normalized spacial score (nSPS) is 14.0. The van der Waals surface area contributed by atoms with Gasteiger partial charge in [0.15, 0.2) is 0 Å². The van der Waals surface area contributed by atoms with Gasteiger partial charge < -0.3 is 15.0 Å². The van der Waals surface area contributed by atoms with Gasteiger partial charge in [0.1, 0.15) is 5.82 Å². The van der Waals surface area contributed by atoms with Crippen molar-refractivity contribution in [2.24, 2.45) is 0 Å². The van der Waals surface area contributed by atoms with Crippen LogP contribution in [-0.4, -0.2) is 32.1 Å². The molecule has 5 nitrogen and oxygen atoms in total. The summed E-state index contributed by atoms with van der Waals surface area (Å²) in [6.45, 7) is 1.78. The fourth-order valence-electron chi connectivity index (χ4n) is 3.09. The summed E-state index contributed by atoms with van der Waals surface area (Å²) in [5.41, 5.74) is 2.02. The number of rotatable bonds is 4. The van der Waals surface area contributed by atoms with E-state index in [1.165, 1.54) is 37.8 Å². The first-order chi connectivity index (χ1) is 12.6. The van der Waals surface area contributed by atoms with Crippen LogP contribution in [0.2, 0.25) is 0 Å². The molecule has 0 aromatic heterocycles. The van der Waals surface area contributed by atoms with Crippen molar-refractivity contribution < 1.29 is 18.7 Å². The number of esters is 1. The van der Waals surface area contributed by atoms with Crippen molar-refractivity contribution >= 4 is 23.3 Å². The highest BCUT2D eigenvalue weighted by Gasteiger charge is 2.17. The second-order valence-corrected chi connectivity index (χ2v) is 6.23.